The summed E-state index contributed by atoms with van der Waals surface area (Å²) < 4.78 is 53.5. The molecule has 1 aliphatic carbocycles. The molecule has 2 amide bonds. The lowest BCUT2D eigenvalue weighted by Crippen LogP contribution is -2.45. The maximum atomic E-state index is 13.1. The molecule has 2 fully saturated rings. The standard InChI is InChI=1S/C35H47ClF3N7O4S/c1-32(2,3)50-31(48)45-22-23(21-33(45,4)5)9-7-18-40-25-10-6-11-28(41-25)51-44-30(47)24-12-13-26(42-29(24)36)46-19-14-27(43-46)49-20-8-15-34(16-17-34)35(37,38)39/h6,10-14,19,23,27,43H,7-9,15-18,20-22H2,1-5H3,(H,40,41)(H,44,47). The second-order valence-corrected chi connectivity index (χ2v) is 16.1. The van der Waals surface area contributed by atoms with Gasteiger partial charge < -0.3 is 19.7 Å². The number of rotatable bonds is 14. The van der Waals surface area contributed by atoms with E-state index in [1.165, 1.54) is 0 Å². The fourth-order valence-electron chi connectivity index (χ4n) is 6.35. The molecule has 16 heteroatoms. The van der Waals surface area contributed by atoms with Crippen molar-refractivity contribution in [3.63, 3.8) is 0 Å². The quantitative estimate of drug-likeness (QED) is 0.0992. The Balaban J connectivity index is 1.02. The predicted molar refractivity (Wildman–Crippen MR) is 191 cm³/mol. The zero-order chi connectivity index (χ0) is 37.0. The number of carbonyl (C=O) groups excluding carboxylic acids is 2. The van der Waals surface area contributed by atoms with Crippen molar-refractivity contribution in [3.8, 4) is 0 Å². The van der Waals surface area contributed by atoms with Crippen molar-refractivity contribution >= 4 is 47.2 Å². The number of pyridine rings is 2. The molecule has 0 radical (unpaired) electrons. The number of aromatic nitrogens is 2. The molecule has 2 atom stereocenters. The molecule has 0 bridgehead atoms. The molecular weight excluding hydrogens is 707 g/mol. The summed E-state index contributed by atoms with van der Waals surface area (Å²) in [5, 5.41) is 5.50. The number of hydrogen-bond donors (Lipinski definition) is 3. The van der Waals surface area contributed by atoms with Crippen LogP contribution < -0.4 is 20.5 Å². The van der Waals surface area contributed by atoms with Crippen LogP contribution in [0.3, 0.4) is 0 Å². The van der Waals surface area contributed by atoms with E-state index in [1.54, 1.807) is 35.5 Å². The van der Waals surface area contributed by atoms with Crippen molar-refractivity contribution in [1.82, 2.24) is 25.0 Å². The first-order valence-corrected chi connectivity index (χ1v) is 18.4. The van der Waals surface area contributed by atoms with Gasteiger partial charge in [0, 0.05) is 43.4 Å². The Bertz CT molecular complexity index is 1590. The predicted octanol–water partition coefficient (Wildman–Crippen LogP) is 8.10. The number of ether oxygens (including phenoxy) is 2. The van der Waals surface area contributed by atoms with E-state index >= 15 is 0 Å². The van der Waals surface area contributed by atoms with Gasteiger partial charge in [0.25, 0.3) is 5.91 Å². The van der Waals surface area contributed by atoms with Crippen molar-refractivity contribution in [2.75, 3.05) is 30.0 Å². The molecule has 4 heterocycles. The first-order chi connectivity index (χ1) is 23.9. The number of nitrogens with zero attached hydrogens (tertiary/aromatic N) is 4. The Kier molecular flexibility index (Phi) is 12.0. The molecule has 3 aliphatic rings. The van der Waals surface area contributed by atoms with Gasteiger partial charge in [-0.25, -0.2) is 14.8 Å². The summed E-state index contributed by atoms with van der Waals surface area (Å²) in [4.78, 5) is 36.4. The van der Waals surface area contributed by atoms with Gasteiger partial charge in [0.05, 0.1) is 11.0 Å². The summed E-state index contributed by atoms with van der Waals surface area (Å²) in [6.07, 6.45) is 1.98. The summed E-state index contributed by atoms with van der Waals surface area (Å²) in [6, 6.07) is 8.68. The van der Waals surface area contributed by atoms with E-state index in [2.05, 4.69) is 39.3 Å². The molecular formula is C35H47ClF3N7O4S. The van der Waals surface area contributed by atoms with Gasteiger partial charge in [-0.05, 0) is 116 Å². The first kappa shape index (κ1) is 38.9. The van der Waals surface area contributed by atoms with Crippen molar-refractivity contribution in [2.24, 2.45) is 11.3 Å². The van der Waals surface area contributed by atoms with Crippen LogP contribution in [0, 0.1) is 11.3 Å². The molecule has 0 spiro atoms. The number of carbonyl (C=O) groups is 2. The van der Waals surface area contributed by atoms with E-state index in [-0.39, 0.29) is 48.2 Å². The lowest BCUT2D eigenvalue weighted by atomic mass is 9.93. The zero-order valence-corrected chi connectivity index (χ0v) is 31.2. The lowest BCUT2D eigenvalue weighted by molar-refractivity contribution is -0.189. The average molecular weight is 754 g/mol. The summed E-state index contributed by atoms with van der Waals surface area (Å²) in [5.41, 5.74) is 0.907. The number of anilines is 2. The van der Waals surface area contributed by atoms with Gasteiger partial charge >= 0.3 is 12.3 Å². The molecule has 2 aromatic rings. The van der Waals surface area contributed by atoms with E-state index in [0.717, 1.165) is 31.2 Å². The number of hydrazine groups is 1. The normalized spacial score (nSPS) is 20.8. The third kappa shape index (κ3) is 10.4. The Morgan fingerprint density at radius 1 is 1.12 bits per heavy atom. The van der Waals surface area contributed by atoms with Crippen LogP contribution in [0.25, 0.3) is 0 Å². The molecule has 1 saturated carbocycles. The molecule has 5 rings (SSSR count). The SMILES string of the molecule is CC(C)(C)OC(=O)N1CC(CCCNc2cccc(SNC(=O)c3ccc(N4C=CC(OCCCC5(C(F)(F)F)CC5)N4)nc3Cl)n2)CC1(C)C. The van der Waals surface area contributed by atoms with E-state index in [9.17, 15) is 22.8 Å². The van der Waals surface area contributed by atoms with Gasteiger partial charge in [-0.1, -0.05) is 17.7 Å². The smallest absolute Gasteiger partial charge is 0.410 e. The number of alkyl halides is 3. The number of likely N-dealkylation sites (tertiary alicyclic amines) is 1. The third-order valence-corrected chi connectivity index (χ3v) is 10.2. The van der Waals surface area contributed by atoms with Crippen molar-refractivity contribution in [2.45, 2.75) is 108 Å². The van der Waals surface area contributed by atoms with Crippen molar-refractivity contribution in [1.29, 1.82) is 0 Å². The van der Waals surface area contributed by atoms with Crippen LogP contribution in [0.5, 0.6) is 0 Å². The molecule has 3 N–H and O–H groups in total. The number of halogens is 4. The van der Waals surface area contributed by atoms with Crippen LogP contribution in [-0.2, 0) is 9.47 Å². The van der Waals surface area contributed by atoms with Crippen LogP contribution in [0.2, 0.25) is 5.15 Å². The highest BCUT2D eigenvalue weighted by Crippen LogP contribution is 2.60. The monoisotopic (exact) mass is 753 g/mol. The topological polar surface area (TPSA) is 121 Å². The van der Waals surface area contributed by atoms with Crippen LogP contribution in [0.1, 0.15) is 89.9 Å². The minimum Gasteiger partial charge on any atom is -0.444 e. The van der Waals surface area contributed by atoms with Gasteiger partial charge in [-0.2, -0.15) is 18.6 Å². The van der Waals surface area contributed by atoms with Crippen molar-refractivity contribution in [3.05, 3.63) is 53.3 Å². The zero-order valence-electron chi connectivity index (χ0n) is 29.6. The minimum atomic E-state index is -4.16. The van der Waals surface area contributed by atoms with Gasteiger partial charge in [-0.3, -0.25) is 14.5 Å². The second kappa shape index (κ2) is 15.8. The van der Waals surface area contributed by atoms with Crippen molar-refractivity contribution < 1.29 is 32.2 Å². The highest BCUT2D eigenvalue weighted by atomic mass is 35.5. The molecule has 1 saturated heterocycles. The average Bonchev–Trinajstić information content (AvgIpc) is 3.59. The maximum absolute atomic E-state index is 13.1. The number of amides is 2. The molecule has 2 aromatic heterocycles. The van der Waals surface area contributed by atoms with Crippen LogP contribution >= 0.6 is 23.5 Å². The maximum Gasteiger partial charge on any atom is 0.410 e. The van der Waals surface area contributed by atoms with Gasteiger partial charge in [0.15, 0.2) is 0 Å². The Morgan fingerprint density at radius 2 is 1.88 bits per heavy atom. The first-order valence-electron chi connectivity index (χ1n) is 17.2. The molecule has 2 aliphatic heterocycles. The van der Waals surface area contributed by atoms with Gasteiger partial charge in [0.2, 0.25) is 0 Å². The fraction of sp³-hybridized carbons (Fsp3) is 0.600. The highest BCUT2D eigenvalue weighted by Gasteiger charge is 2.62. The molecule has 0 aromatic carbocycles. The highest BCUT2D eigenvalue weighted by molar-refractivity contribution is 7.97. The minimum absolute atomic E-state index is 0.00436. The summed E-state index contributed by atoms with van der Waals surface area (Å²) in [6.45, 7) is 11.4. The lowest BCUT2D eigenvalue weighted by Gasteiger charge is -2.33. The second-order valence-electron chi connectivity index (χ2n) is 15.0. The summed E-state index contributed by atoms with van der Waals surface area (Å²) in [5.74, 6) is 1.04. The number of hydrogen-bond acceptors (Lipinski definition) is 10. The molecule has 280 valence electrons. The van der Waals surface area contributed by atoms with Gasteiger partial charge in [-0.15, -0.1) is 0 Å². The van der Waals surface area contributed by atoms with Gasteiger partial charge in [0.1, 0.15) is 33.6 Å². The van der Waals surface area contributed by atoms with Crippen LogP contribution in [-0.4, -0.2) is 70.1 Å². The largest absolute Gasteiger partial charge is 0.444 e. The summed E-state index contributed by atoms with van der Waals surface area (Å²) in [7, 11) is 0. The Hall–Kier alpha value is -3.27. The molecule has 51 heavy (non-hydrogen) atoms. The fourth-order valence-corrected chi connectivity index (χ4v) is 7.18. The Labute approximate surface area is 306 Å². The molecule has 2 unspecified atom stereocenters. The van der Waals surface area contributed by atoms with E-state index < -0.39 is 29.3 Å². The summed E-state index contributed by atoms with van der Waals surface area (Å²) >= 11 is 7.44. The van der Waals surface area contributed by atoms with E-state index in [4.69, 9.17) is 21.1 Å². The van der Waals surface area contributed by atoms with E-state index in [0.29, 0.717) is 42.1 Å². The molecule has 11 nitrogen and oxygen atoms in total. The third-order valence-electron chi connectivity index (χ3n) is 9.19. The Morgan fingerprint density at radius 3 is 2.57 bits per heavy atom. The van der Waals surface area contributed by atoms with E-state index in [1.807, 2.05) is 37.8 Å². The number of nitrogens with one attached hydrogen (secondary N) is 3. The van der Waals surface area contributed by atoms with Crippen LogP contribution in [0.15, 0.2) is 47.6 Å². The van der Waals surface area contributed by atoms with Crippen LogP contribution in [0.4, 0.5) is 29.6 Å².